The Labute approximate surface area is 227 Å². The van der Waals surface area contributed by atoms with E-state index in [-0.39, 0.29) is 29.0 Å². The summed E-state index contributed by atoms with van der Waals surface area (Å²) in [4.78, 5) is 19.7. The van der Waals surface area contributed by atoms with Gasteiger partial charge in [0.05, 0.1) is 19.1 Å². The Morgan fingerprint density at radius 2 is 1.74 bits per heavy atom. The fourth-order valence-electron chi connectivity index (χ4n) is 7.31. The van der Waals surface area contributed by atoms with E-state index in [4.69, 9.17) is 9.47 Å². The molecule has 8 rings (SSSR count). The second kappa shape index (κ2) is 8.43. The molecule has 2 aliphatic heterocycles. The van der Waals surface area contributed by atoms with Crippen molar-refractivity contribution in [3.63, 3.8) is 0 Å². The smallest absolute Gasteiger partial charge is 0.410 e. The summed E-state index contributed by atoms with van der Waals surface area (Å²) >= 11 is 0. The van der Waals surface area contributed by atoms with Gasteiger partial charge in [0.1, 0.15) is 29.1 Å². The van der Waals surface area contributed by atoms with Gasteiger partial charge in [-0.05, 0) is 70.9 Å². The summed E-state index contributed by atoms with van der Waals surface area (Å²) in [6, 6.07) is 10.4. The van der Waals surface area contributed by atoms with E-state index < -0.39 is 29.4 Å². The van der Waals surface area contributed by atoms with E-state index in [0.29, 0.717) is 13.1 Å². The average Bonchev–Trinajstić information content (AvgIpc) is 3.12. The Hall–Kier alpha value is -3.13. The molecule has 6 nitrogen and oxygen atoms in total. The summed E-state index contributed by atoms with van der Waals surface area (Å²) in [7, 11) is 0. The molecule has 2 aromatic carbocycles. The first kappa shape index (κ1) is 24.9. The van der Waals surface area contributed by atoms with Crippen LogP contribution >= 0.6 is 0 Å². The number of aromatic amines is 1. The molecule has 0 unspecified atom stereocenters. The number of amides is 1. The van der Waals surface area contributed by atoms with E-state index in [9.17, 15) is 4.79 Å². The van der Waals surface area contributed by atoms with Crippen molar-refractivity contribution >= 4 is 17.0 Å². The number of aromatic nitrogens is 1. The number of carbonyl (C=O) groups is 1. The van der Waals surface area contributed by atoms with Gasteiger partial charge in [0, 0.05) is 45.9 Å². The highest BCUT2D eigenvalue weighted by Gasteiger charge is 2.63. The van der Waals surface area contributed by atoms with Crippen molar-refractivity contribution in [3.05, 3.63) is 64.9 Å². The number of para-hydroxylation sites is 1. The van der Waals surface area contributed by atoms with Crippen molar-refractivity contribution in [1.82, 2.24) is 14.8 Å². The summed E-state index contributed by atoms with van der Waals surface area (Å²) in [6.45, 7) is 8.26. The van der Waals surface area contributed by atoms with E-state index in [2.05, 4.69) is 22.9 Å². The van der Waals surface area contributed by atoms with Crippen molar-refractivity contribution in [2.45, 2.75) is 82.7 Å². The molecule has 39 heavy (non-hydrogen) atoms. The van der Waals surface area contributed by atoms with Gasteiger partial charge < -0.3 is 19.4 Å². The van der Waals surface area contributed by atoms with Crippen LogP contribution in [0, 0.1) is 17.6 Å². The fraction of sp³-hybridized carbons (Fsp3) is 0.516. The second-order valence-corrected chi connectivity index (χ2v) is 13.1. The molecule has 8 heteroatoms. The van der Waals surface area contributed by atoms with E-state index in [1.54, 1.807) is 0 Å². The topological polar surface area (TPSA) is 57.8 Å². The zero-order valence-electron chi connectivity index (χ0n) is 22.9. The van der Waals surface area contributed by atoms with Gasteiger partial charge >= 0.3 is 6.09 Å². The number of nitrogens with one attached hydrogen (secondary N) is 1. The molecular formula is C31H35F2N3O3. The third kappa shape index (κ3) is 3.93. The van der Waals surface area contributed by atoms with E-state index >= 15 is 8.78 Å². The lowest BCUT2D eigenvalue weighted by Crippen LogP contribution is -2.71. The molecule has 0 radical (unpaired) electrons. The van der Waals surface area contributed by atoms with Crippen molar-refractivity contribution in [2.75, 3.05) is 13.1 Å². The normalized spacial score (nSPS) is 28.4. The maximum atomic E-state index is 16.0. The minimum atomic E-state index is -0.603. The number of hydrogen-bond donors (Lipinski definition) is 1. The maximum Gasteiger partial charge on any atom is 0.410 e. The van der Waals surface area contributed by atoms with Crippen LogP contribution in [-0.2, 0) is 11.2 Å². The zero-order valence-corrected chi connectivity index (χ0v) is 22.9. The number of benzene rings is 2. The Kier molecular flexibility index (Phi) is 5.38. The lowest BCUT2D eigenvalue weighted by molar-refractivity contribution is -0.174. The first-order valence-electron chi connectivity index (χ1n) is 14.0. The molecule has 1 N–H and O–H groups in total. The first-order chi connectivity index (χ1) is 18.5. The molecule has 3 heterocycles. The van der Waals surface area contributed by atoms with Gasteiger partial charge in [0.15, 0.2) is 0 Å². The van der Waals surface area contributed by atoms with Crippen LogP contribution in [0.2, 0.25) is 0 Å². The number of rotatable bonds is 4. The molecule has 1 amide bonds. The maximum absolute atomic E-state index is 16.0. The summed E-state index contributed by atoms with van der Waals surface area (Å²) in [6.07, 6.45) is 3.40. The van der Waals surface area contributed by atoms with Gasteiger partial charge in [-0.3, -0.25) is 4.90 Å². The highest BCUT2D eigenvalue weighted by molar-refractivity contribution is 5.85. The van der Waals surface area contributed by atoms with Crippen LogP contribution in [-0.4, -0.2) is 57.3 Å². The van der Waals surface area contributed by atoms with E-state index in [1.165, 1.54) is 17.0 Å². The van der Waals surface area contributed by atoms with Gasteiger partial charge in [0.25, 0.3) is 0 Å². The molecule has 3 aliphatic carbocycles. The van der Waals surface area contributed by atoms with Crippen LogP contribution in [0.3, 0.4) is 0 Å². The molecule has 1 saturated heterocycles. The summed E-state index contributed by atoms with van der Waals surface area (Å²) in [5, 5.41) is 1.13. The predicted octanol–water partition coefficient (Wildman–Crippen LogP) is 6.33. The number of ether oxygens (including phenoxy) is 2. The fourth-order valence-corrected chi connectivity index (χ4v) is 7.31. The summed E-state index contributed by atoms with van der Waals surface area (Å²) in [5.74, 6) is -0.321. The van der Waals surface area contributed by atoms with Crippen molar-refractivity contribution in [1.29, 1.82) is 0 Å². The van der Waals surface area contributed by atoms with Gasteiger partial charge in [0.2, 0.25) is 0 Å². The van der Waals surface area contributed by atoms with Crippen molar-refractivity contribution < 1.29 is 23.0 Å². The lowest BCUT2D eigenvalue weighted by atomic mass is 9.48. The largest absolute Gasteiger partial charge is 0.487 e. The molecule has 3 saturated carbocycles. The van der Waals surface area contributed by atoms with Crippen molar-refractivity contribution in [2.24, 2.45) is 5.92 Å². The Morgan fingerprint density at radius 3 is 2.36 bits per heavy atom. The molecule has 206 valence electrons. The van der Waals surface area contributed by atoms with E-state index in [1.807, 2.05) is 39.0 Å². The van der Waals surface area contributed by atoms with Gasteiger partial charge in [-0.1, -0.05) is 18.2 Å². The highest BCUT2D eigenvalue weighted by atomic mass is 19.1. The van der Waals surface area contributed by atoms with Crippen LogP contribution in [0.15, 0.2) is 36.4 Å². The highest BCUT2D eigenvalue weighted by Crippen LogP contribution is 2.64. The first-order valence-corrected chi connectivity index (χ1v) is 14.0. The molecule has 4 fully saturated rings. The second-order valence-electron chi connectivity index (χ2n) is 13.1. The number of carbonyl (C=O) groups excluding carboxylic acids is 1. The minimum Gasteiger partial charge on any atom is -0.487 e. The van der Waals surface area contributed by atoms with Crippen LogP contribution < -0.4 is 4.74 Å². The summed E-state index contributed by atoms with van der Waals surface area (Å²) < 4.78 is 43.2. The number of halogens is 2. The van der Waals surface area contributed by atoms with Gasteiger partial charge in [-0.15, -0.1) is 0 Å². The Morgan fingerprint density at radius 1 is 1.08 bits per heavy atom. The van der Waals surface area contributed by atoms with Gasteiger partial charge in [-0.2, -0.15) is 0 Å². The zero-order chi connectivity index (χ0) is 27.3. The Balaban J connectivity index is 1.19. The minimum absolute atomic E-state index is 0.0227. The molecule has 0 spiro atoms. The third-order valence-electron chi connectivity index (χ3n) is 9.05. The van der Waals surface area contributed by atoms with E-state index in [0.717, 1.165) is 53.8 Å². The number of nitrogens with zero attached hydrogens (tertiary/aromatic N) is 2. The van der Waals surface area contributed by atoms with Crippen LogP contribution in [0.1, 0.15) is 69.8 Å². The molecule has 2 bridgehead atoms. The van der Waals surface area contributed by atoms with Crippen molar-refractivity contribution in [3.8, 4) is 5.75 Å². The van der Waals surface area contributed by atoms with Crippen LogP contribution in [0.4, 0.5) is 13.6 Å². The monoisotopic (exact) mass is 535 g/mol. The number of likely N-dealkylation sites (tertiary alicyclic amines) is 1. The SMILES string of the molecule is C[C@@H]1Cc2c([nH]c3ccccc23)[C@@H](c2c(F)cc(OC3CN(C(=O)OC(C)(C)C)C3)cc2F)N1C12CC(C1)C2. The quantitative estimate of drug-likeness (QED) is 0.424. The standard InChI is InChI=1S/C31H35F2N3O3/c1-17-9-22-21-7-5-6-8-25(21)34-27(22)28(36(17)31-12-18(13-31)14-31)26-23(32)10-19(11-24(26)33)38-20-15-35(16-20)29(37)39-30(2,3)4/h5-8,10-11,17-18,20,28,34H,9,12-16H2,1-4H3/t17-,18?,28-,31?/m1/s1. The third-order valence-corrected chi connectivity index (χ3v) is 9.05. The van der Waals surface area contributed by atoms with Crippen LogP contribution in [0.5, 0.6) is 5.75 Å². The molecule has 3 aromatic rings. The number of hydrogen-bond acceptors (Lipinski definition) is 4. The molecule has 2 atom stereocenters. The lowest BCUT2D eigenvalue weighted by Gasteiger charge is -2.70. The average molecular weight is 536 g/mol. The molecule has 5 aliphatic rings. The molecular weight excluding hydrogens is 500 g/mol. The predicted molar refractivity (Wildman–Crippen MR) is 144 cm³/mol. The summed E-state index contributed by atoms with van der Waals surface area (Å²) in [5.41, 5.74) is 2.57. The molecule has 1 aromatic heterocycles. The van der Waals surface area contributed by atoms with Gasteiger partial charge in [-0.25, -0.2) is 13.6 Å². The van der Waals surface area contributed by atoms with Crippen LogP contribution in [0.25, 0.3) is 10.9 Å². The Bertz CT molecular complexity index is 1430. The number of H-pyrrole nitrogens is 1. The number of fused-ring (bicyclic) bond motifs is 3.